The average Bonchev–Trinajstić information content (AvgIpc) is 2.45. The van der Waals surface area contributed by atoms with Gasteiger partial charge in [0, 0.05) is 0 Å². The summed E-state index contributed by atoms with van der Waals surface area (Å²) in [6.45, 7) is 3.91. The predicted molar refractivity (Wildman–Crippen MR) is 84.2 cm³/mol. The molecule has 0 saturated carbocycles. The van der Waals surface area contributed by atoms with Crippen LogP contribution in [0.3, 0.4) is 0 Å². The molecule has 0 amide bonds. The SMILES string of the molecule is CC(C)Oc1cccc(C=C(C(=O)O)c2ccccc2)c1. The standard InChI is InChI=1S/C18H18O3/c1-13(2)21-16-10-6-7-14(11-16)12-17(18(19)20)15-8-4-3-5-9-15/h3-13H,1-2H3,(H,19,20). The molecule has 0 atom stereocenters. The zero-order valence-electron chi connectivity index (χ0n) is 12.1. The van der Waals surface area contributed by atoms with Crippen molar-refractivity contribution in [2.75, 3.05) is 0 Å². The summed E-state index contributed by atoms with van der Waals surface area (Å²) in [5.41, 5.74) is 1.74. The topological polar surface area (TPSA) is 46.5 Å². The van der Waals surface area contributed by atoms with Crippen molar-refractivity contribution in [2.24, 2.45) is 0 Å². The number of benzene rings is 2. The molecule has 0 aliphatic rings. The van der Waals surface area contributed by atoms with Crippen LogP contribution in [0.15, 0.2) is 54.6 Å². The predicted octanol–water partition coefficient (Wildman–Crippen LogP) is 4.10. The Bertz CT molecular complexity index is 643. The fourth-order valence-corrected chi connectivity index (χ4v) is 2.00. The van der Waals surface area contributed by atoms with Crippen molar-refractivity contribution < 1.29 is 14.6 Å². The summed E-state index contributed by atoms with van der Waals surface area (Å²) in [4.78, 5) is 11.5. The van der Waals surface area contributed by atoms with Crippen molar-refractivity contribution in [3.05, 3.63) is 65.7 Å². The molecule has 0 unspecified atom stereocenters. The minimum absolute atomic E-state index is 0.0808. The Kier molecular flexibility index (Phi) is 4.77. The van der Waals surface area contributed by atoms with E-state index in [-0.39, 0.29) is 11.7 Å². The van der Waals surface area contributed by atoms with Gasteiger partial charge in [-0.05, 0) is 43.2 Å². The van der Waals surface area contributed by atoms with Gasteiger partial charge >= 0.3 is 5.97 Å². The van der Waals surface area contributed by atoms with Crippen molar-refractivity contribution in [1.29, 1.82) is 0 Å². The number of hydrogen-bond donors (Lipinski definition) is 1. The van der Waals surface area contributed by atoms with Gasteiger partial charge in [0.15, 0.2) is 0 Å². The number of carbonyl (C=O) groups is 1. The molecular weight excluding hydrogens is 264 g/mol. The van der Waals surface area contributed by atoms with Crippen LogP contribution < -0.4 is 4.74 Å². The zero-order valence-corrected chi connectivity index (χ0v) is 12.1. The number of carboxylic acids is 1. The minimum atomic E-state index is -0.948. The summed E-state index contributed by atoms with van der Waals surface area (Å²) >= 11 is 0. The van der Waals surface area contributed by atoms with Crippen LogP contribution in [0.1, 0.15) is 25.0 Å². The van der Waals surface area contributed by atoms with Gasteiger partial charge in [0.05, 0.1) is 11.7 Å². The van der Waals surface area contributed by atoms with Crippen molar-refractivity contribution in [3.8, 4) is 5.75 Å². The number of ether oxygens (including phenoxy) is 1. The van der Waals surface area contributed by atoms with Gasteiger partial charge in [-0.25, -0.2) is 4.79 Å². The molecule has 2 aromatic rings. The van der Waals surface area contributed by atoms with Gasteiger partial charge in [-0.1, -0.05) is 42.5 Å². The van der Waals surface area contributed by atoms with Gasteiger partial charge in [-0.15, -0.1) is 0 Å². The number of aliphatic carboxylic acids is 1. The second-order valence-corrected chi connectivity index (χ2v) is 4.97. The molecule has 0 fully saturated rings. The molecule has 108 valence electrons. The monoisotopic (exact) mass is 282 g/mol. The maximum absolute atomic E-state index is 11.5. The first kappa shape index (κ1) is 14.9. The van der Waals surface area contributed by atoms with E-state index in [0.717, 1.165) is 11.3 Å². The fourth-order valence-electron chi connectivity index (χ4n) is 2.00. The van der Waals surface area contributed by atoms with Crippen molar-refractivity contribution >= 4 is 17.6 Å². The lowest BCUT2D eigenvalue weighted by Crippen LogP contribution is -2.05. The molecule has 3 heteroatoms. The van der Waals surface area contributed by atoms with Gasteiger partial charge < -0.3 is 9.84 Å². The van der Waals surface area contributed by atoms with Crippen molar-refractivity contribution in [3.63, 3.8) is 0 Å². The van der Waals surface area contributed by atoms with Crippen LogP contribution >= 0.6 is 0 Å². The molecule has 1 N–H and O–H groups in total. The molecule has 0 saturated heterocycles. The van der Waals surface area contributed by atoms with Crippen molar-refractivity contribution in [2.45, 2.75) is 20.0 Å². The maximum atomic E-state index is 11.5. The zero-order chi connectivity index (χ0) is 15.2. The molecule has 0 radical (unpaired) electrons. The van der Waals surface area contributed by atoms with Crippen LogP contribution in [0.25, 0.3) is 11.6 Å². The van der Waals surface area contributed by atoms with Crippen LogP contribution in [0.5, 0.6) is 5.75 Å². The normalized spacial score (nSPS) is 11.5. The minimum Gasteiger partial charge on any atom is -0.491 e. The van der Waals surface area contributed by atoms with E-state index in [4.69, 9.17) is 4.74 Å². The van der Waals surface area contributed by atoms with E-state index in [2.05, 4.69) is 0 Å². The first-order valence-electron chi connectivity index (χ1n) is 6.83. The number of hydrogen-bond acceptors (Lipinski definition) is 2. The molecule has 0 aromatic heterocycles. The Morgan fingerprint density at radius 3 is 2.43 bits per heavy atom. The van der Waals surface area contributed by atoms with Gasteiger partial charge in [0.2, 0.25) is 0 Å². The molecule has 0 bridgehead atoms. The summed E-state index contributed by atoms with van der Waals surface area (Å²) in [6.07, 6.45) is 1.74. The van der Waals surface area contributed by atoms with Crippen molar-refractivity contribution in [1.82, 2.24) is 0 Å². The van der Waals surface area contributed by atoms with E-state index in [9.17, 15) is 9.90 Å². The third-order valence-corrected chi connectivity index (χ3v) is 2.86. The van der Waals surface area contributed by atoms with Crippen LogP contribution in [-0.4, -0.2) is 17.2 Å². The van der Waals surface area contributed by atoms with Gasteiger partial charge in [0.25, 0.3) is 0 Å². The highest BCUT2D eigenvalue weighted by Crippen LogP contribution is 2.21. The highest BCUT2D eigenvalue weighted by molar-refractivity contribution is 6.20. The fraction of sp³-hybridized carbons (Fsp3) is 0.167. The maximum Gasteiger partial charge on any atom is 0.336 e. The van der Waals surface area contributed by atoms with E-state index < -0.39 is 5.97 Å². The van der Waals surface area contributed by atoms with E-state index in [1.165, 1.54) is 0 Å². The van der Waals surface area contributed by atoms with E-state index in [1.54, 1.807) is 18.2 Å². The molecular formula is C18H18O3. The number of carboxylic acid groups (broad SMARTS) is 1. The Labute approximate surface area is 124 Å². The van der Waals surface area contributed by atoms with E-state index in [1.807, 2.05) is 56.3 Å². The first-order valence-corrected chi connectivity index (χ1v) is 6.83. The Balaban J connectivity index is 2.37. The summed E-state index contributed by atoms with van der Waals surface area (Å²) in [6, 6.07) is 16.5. The van der Waals surface area contributed by atoms with Gasteiger partial charge in [-0.3, -0.25) is 0 Å². The molecule has 0 heterocycles. The highest BCUT2D eigenvalue weighted by Gasteiger charge is 2.10. The van der Waals surface area contributed by atoms with Gasteiger partial charge in [-0.2, -0.15) is 0 Å². The molecule has 2 aromatic carbocycles. The largest absolute Gasteiger partial charge is 0.491 e. The van der Waals surface area contributed by atoms with Gasteiger partial charge in [0.1, 0.15) is 5.75 Å². The summed E-state index contributed by atoms with van der Waals surface area (Å²) in [7, 11) is 0. The lowest BCUT2D eigenvalue weighted by Gasteiger charge is -2.10. The Hall–Kier alpha value is -2.55. The third kappa shape index (κ3) is 4.21. The highest BCUT2D eigenvalue weighted by atomic mass is 16.5. The molecule has 0 aliphatic carbocycles. The Morgan fingerprint density at radius 2 is 1.81 bits per heavy atom. The lowest BCUT2D eigenvalue weighted by atomic mass is 10.0. The summed E-state index contributed by atoms with van der Waals surface area (Å²) < 4.78 is 5.63. The second-order valence-electron chi connectivity index (χ2n) is 4.97. The smallest absolute Gasteiger partial charge is 0.336 e. The Morgan fingerprint density at radius 1 is 1.10 bits per heavy atom. The van der Waals surface area contributed by atoms with E-state index >= 15 is 0 Å². The number of rotatable bonds is 5. The lowest BCUT2D eigenvalue weighted by molar-refractivity contribution is -0.130. The van der Waals surface area contributed by atoms with Crippen LogP contribution in [0.2, 0.25) is 0 Å². The summed E-state index contributed by atoms with van der Waals surface area (Å²) in [5.74, 6) is -0.215. The molecule has 21 heavy (non-hydrogen) atoms. The molecule has 2 rings (SSSR count). The van der Waals surface area contributed by atoms with Crippen LogP contribution in [-0.2, 0) is 4.79 Å². The van der Waals surface area contributed by atoms with E-state index in [0.29, 0.717) is 5.56 Å². The van der Waals surface area contributed by atoms with Crippen LogP contribution in [0, 0.1) is 0 Å². The van der Waals surface area contributed by atoms with Crippen LogP contribution in [0.4, 0.5) is 0 Å². The first-order chi connectivity index (χ1) is 10.1. The third-order valence-electron chi connectivity index (χ3n) is 2.86. The molecule has 0 aliphatic heterocycles. The molecule has 0 spiro atoms. The average molecular weight is 282 g/mol. The quantitative estimate of drug-likeness (QED) is 0.663. The molecule has 3 nitrogen and oxygen atoms in total. The second kappa shape index (κ2) is 6.75. The summed E-state index contributed by atoms with van der Waals surface area (Å²) in [5, 5.41) is 9.40.